The van der Waals surface area contributed by atoms with Gasteiger partial charge in [-0.15, -0.1) is 0 Å². The zero-order chi connectivity index (χ0) is 20.5. The van der Waals surface area contributed by atoms with Crippen LogP contribution in [0.3, 0.4) is 0 Å². The highest BCUT2D eigenvalue weighted by atomic mass is 19.4. The molecule has 1 N–H and O–H groups in total. The quantitative estimate of drug-likeness (QED) is 0.775. The Morgan fingerprint density at radius 2 is 1.96 bits per heavy atom. The minimum atomic E-state index is -4.47. The normalized spacial score (nSPS) is 13.5. The zero-order valence-corrected chi connectivity index (χ0v) is 15.5. The number of aromatic nitrogens is 1. The van der Waals surface area contributed by atoms with Gasteiger partial charge in [0.25, 0.3) is 0 Å². The average molecular weight is 396 g/mol. The monoisotopic (exact) mass is 396 g/mol. The minimum Gasteiger partial charge on any atom is -0.491 e. The molecule has 0 bridgehead atoms. The minimum absolute atomic E-state index is 0.00455. The number of nitrogens with zero attached hydrogens (tertiary/aromatic N) is 1. The first-order valence-corrected chi connectivity index (χ1v) is 8.52. The van der Waals surface area contributed by atoms with Crippen molar-refractivity contribution in [2.24, 2.45) is 0 Å². The summed E-state index contributed by atoms with van der Waals surface area (Å²) in [6, 6.07) is 5.22. The summed E-state index contributed by atoms with van der Waals surface area (Å²) in [7, 11) is 0. The number of anilines is 1. The van der Waals surface area contributed by atoms with Crippen molar-refractivity contribution in [2.45, 2.75) is 39.0 Å². The summed E-state index contributed by atoms with van der Waals surface area (Å²) in [6.07, 6.45) is -3.82. The van der Waals surface area contributed by atoms with Crippen molar-refractivity contribution in [1.82, 2.24) is 4.98 Å². The Morgan fingerprint density at radius 1 is 1.21 bits per heavy atom. The summed E-state index contributed by atoms with van der Waals surface area (Å²) < 4.78 is 54.3. The maximum absolute atomic E-state index is 12.6. The smallest absolute Gasteiger partial charge is 0.417 e. The van der Waals surface area contributed by atoms with Gasteiger partial charge in [-0.25, -0.2) is 9.78 Å². The number of alkyl halides is 3. The van der Waals surface area contributed by atoms with Crippen LogP contribution < -0.4 is 14.8 Å². The van der Waals surface area contributed by atoms with Gasteiger partial charge in [-0.1, -0.05) is 0 Å². The number of hydrogen-bond acceptors (Lipinski definition) is 5. The Bertz CT molecular complexity index is 874. The molecule has 2 aromatic rings. The van der Waals surface area contributed by atoms with E-state index in [4.69, 9.17) is 14.2 Å². The van der Waals surface area contributed by atoms with Crippen LogP contribution in [-0.4, -0.2) is 23.3 Å². The average Bonchev–Trinajstić information content (AvgIpc) is 3.01. The molecule has 0 spiro atoms. The number of amides is 1. The van der Waals surface area contributed by atoms with Gasteiger partial charge in [0, 0.05) is 30.3 Å². The van der Waals surface area contributed by atoms with Gasteiger partial charge in [0.15, 0.2) is 0 Å². The van der Waals surface area contributed by atoms with Crippen LogP contribution in [0.25, 0.3) is 0 Å². The molecule has 0 radical (unpaired) electrons. The number of fused-ring (bicyclic) bond motifs is 1. The molecule has 28 heavy (non-hydrogen) atoms. The third-order valence-electron chi connectivity index (χ3n) is 3.68. The van der Waals surface area contributed by atoms with Crippen LogP contribution in [0.5, 0.6) is 17.4 Å². The van der Waals surface area contributed by atoms with E-state index in [0.29, 0.717) is 36.4 Å². The van der Waals surface area contributed by atoms with E-state index in [9.17, 15) is 18.0 Å². The number of carbonyl (C=O) groups is 1. The molecule has 1 aromatic carbocycles. The lowest BCUT2D eigenvalue weighted by molar-refractivity contribution is -0.137. The summed E-state index contributed by atoms with van der Waals surface area (Å²) in [5.74, 6) is 0.816. The second-order valence-corrected chi connectivity index (χ2v) is 7.17. The highest BCUT2D eigenvalue weighted by molar-refractivity contribution is 5.88. The maximum atomic E-state index is 12.6. The van der Waals surface area contributed by atoms with Crippen molar-refractivity contribution in [3.63, 3.8) is 0 Å². The fourth-order valence-electron chi connectivity index (χ4n) is 2.57. The van der Waals surface area contributed by atoms with E-state index >= 15 is 0 Å². The fraction of sp³-hybridized carbons (Fsp3) is 0.368. The van der Waals surface area contributed by atoms with Gasteiger partial charge in [-0.2, -0.15) is 13.2 Å². The molecule has 1 aromatic heterocycles. The number of rotatable bonds is 3. The van der Waals surface area contributed by atoms with Gasteiger partial charge in [0.1, 0.15) is 17.1 Å². The fourth-order valence-corrected chi connectivity index (χ4v) is 2.57. The molecule has 1 amide bonds. The highest BCUT2D eigenvalue weighted by Gasteiger charge is 2.31. The molecule has 3 rings (SSSR count). The number of halogens is 3. The van der Waals surface area contributed by atoms with Crippen LogP contribution in [0.4, 0.5) is 23.7 Å². The number of benzene rings is 1. The van der Waals surface area contributed by atoms with E-state index in [1.165, 1.54) is 6.07 Å². The SMILES string of the molecule is CC(C)(C)OC(=O)Nc1cc(Oc2ccc(C(F)(F)F)cn2)cc2c1OCC2. The van der Waals surface area contributed by atoms with Crippen LogP contribution in [0.1, 0.15) is 31.9 Å². The zero-order valence-electron chi connectivity index (χ0n) is 15.5. The van der Waals surface area contributed by atoms with E-state index < -0.39 is 23.4 Å². The van der Waals surface area contributed by atoms with Crippen LogP contribution in [-0.2, 0) is 17.3 Å². The van der Waals surface area contributed by atoms with E-state index in [1.807, 2.05) is 0 Å². The summed E-state index contributed by atoms with van der Waals surface area (Å²) in [6.45, 7) is 5.66. The second-order valence-electron chi connectivity index (χ2n) is 7.17. The number of ether oxygens (including phenoxy) is 3. The van der Waals surface area contributed by atoms with Crippen molar-refractivity contribution >= 4 is 11.8 Å². The lowest BCUT2D eigenvalue weighted by Crippen LogP contribution is -2.27. The Morgan fingerprint density at radius 3 is 2.57 bits per heavy atom. The van der Waals surface area contributed by atoms with E-state index in [1.54, 1.807) is 26.8 Å². The van der Waals surface area contributed by atoms with Gasteiger partial charge in [-0.05, 0) is 32.9 Å². The number of hydrogen-bond donors (Lipinski definition) is 1. The molecule has 2 heterocycles. The molecule has 9 heteroatoms. The summed E-state index contributed by atoms with van der Waals surface area (Å²) >= 11 is 0. The molecule has 0 saturated heterocycles. The molecule has 0 fully saturated rings. The molecular weight excluding hydrogens is 377 g/mol. The molecular formula is C19H19F3N2O4. The van der Waals surface area contributed by atoms with Crippen molar-refractivity contribution in [2.75, 3.05) is 11.9 Å². The Balaban J connectivity index is 1.82. The Labute approximate surface area is 159 Å². The largest absolute Gasteiger partial charge is 0.491 e. The molecule has 0 unspecified atom stereocenters. The summed E-state index contributed by atoms with van der Waals surface area (Å²) in [5, 5.41) is 2.62. The van der Waals surface area contributed by atoms with Crippen LogP contribution >= 0.6 is 0 Å². The van der Waals surface area contributed by atoms with Gasteiger partial charge < -0.3 is 14.2 Å². The second kappa shape index (κ2) is 7.21. The number of carbonyl (C=O) groups excluding carboxylic acids is 1. The van der Waals surface area contributed by atoms with E-state index in [0.717, 1.165) is 17.7 Å². The molecule has 0 aliphatic carbocycles. The first-order chi connectivity index (χ1) is 13.0. The van der Waals surface area contributed by atoms with Gasteiger partial charge in [-0.3, -0.25) is 5.32 Å². The van der Waals surface area contributed by atoms with Crippen molar-refractivity contribution in [1.29, 1.82) is 0 Å². The predicted molar refractivity (Wildman–Crippen MR) is 94.8 cm³/mol. The van der Waals surface area contributed by atoms with Crippen LogP contribution in [0.15, 0.2) is 30.5 Å². The van der Waals surface area contributed by atoms with Gasteiger partial charge in [0.2, 0.25) is 5.88 Å². The molecule has 1 aliphatic rings. The first-order valence-electron chi connectivity index (χ1n) is 8.52. The number of pyridine rings is 1. The third kappa shape index (κ3) is 4.85. The van der Waals surface area contributed by atoms with Gasteiger partial charge in [0.05, 0.1) is 17.9 Å². The third-order valence-corrected chi connectivity index (χ3v) is 3.68. The predicted octanol–water partition coefficient (Wildman–Crippen LogP) is 5.17. The number of nitrogens with one attached hydrogen (secondary N) is 1. The van der Waals surface area contributed by atoms with Crippen LogP contribution in [0, 0.1) is 0 Å². The van der Waals surface area contributed by atoms with Crippen molar-refractivity contribution < 1.29 is 32.2 Å². The topological polar surface area (TPSA) is 69.7 Å². The van der Waals surface area contributed by atoms with E-state index in [2.05, 4.69) is 10.3 Å². The van der Waals surface area contributed by atoms with Crippen LogP contribution in [0.2, 0.25) is 0 Å². The standard InChI is InChI=1S/C19H19F3N2O4/c1-18(2,3)28-17(25)24-14-9-13(8-11-6-7-26-16(11)14)27-15-5-4-12(10-23-15)19(20,21)22/h4-5,8-10H,6-7H2,1-3H3,(H,24,25). The van der Waals surface area contributed by atoms with Crippen molar-refractivity contribution in [3.8, 4) is 17.4 Å². The Hall–Kier alpha value is -2.97. The molecule has 1 aliphatic heterocycles. The van der Waals surface area contributed by atoms with E-state index in [-0.39, 0.29) is 5.88 Å². The summed E-state index contributed by atoms with van der Waals surface area (Å²) in [4.78, 5) is 15.8. The lowest BCUT2D eigenvalue weighted by atomic mass is 10.1. The maximum Gasteiger partial charge on any atom is 0.417 e. The highest BCUT2D eigenvalue weighted by Crippen LogP contribution is 2.39. The Kier molecular flexibility index (Phi) is 5.10. The molecule has 6 nitrogen and oxygen atoms in total. The van der Waals surface area contributed by atoms with Crippen molar-refractivity contribution in [3.05, 3.63) is 41.6 Å². The lowest BCUT2D eigenvalue weighted by Gasteiger charge is -2.20. The molecule has 0 atom stereocenters. The molecule has 0 saturated carbocycles. The molecule has 150 valence electrons. The first kappa shape index (κ1) is 19.8. The van der Waals surface area contributed by atoms with Gasteiger partial charge >= 0.3 is 12.3 Å². The summed E-state index contributed by atoms with van der Waals surface area (Å²) in [5.41, 5.74) is -0.386.